The van der Waals surface area contributed by atoms with Crippen molar-refractivity contribution >= 4 is 12.1 Å². The predicted octanol–water partition coefficient (Wildman–Crippen LogP) is -2.04. The highest BCUT2D eigenvalue weighted by Gasteiger charge is 1.70. The number of carbonyl (C=O) groups is 1. The molecule has 0 atom stereocenters. The molecule has 0 saturated heterocycles. The van der Waals surface area contributed by atoms with Gasteiger partial charge in [-0.05, 0) is 0 Å². The molecule has 0 aromatic carbocycles. The van der Waals surface area contributed by atoms with Crippen molar-refractivity contribution < 1.29 is 15.0 Å². The molecule has 0 aliphatic carbocycles. The van der Waals surface area contributed by atoms with Crippen molar-refractivity contribution in [2.45, 2.75) is 0 Å². The third-order valence-electron chi connectivity index (χ3n) is 0.167. The summed E-state index contributed by atoms with van der Waals surface area (Å²) in [5.74, 6) is -0.333. The van der Waals surface area contributed by atoms with Gasteiger partial charge in [-0.3, -0.25) is 5.41 Å². The first-order chi connectivity index (χ1) is 5.38. The molecule has 0 fully saturated rings. The van der Waals surface area contributed by atoms with Crippen LogP contribution in [0.15, 0.2) is 0 Å². The smallest absolute Gasteiger partial charge is 0.450 e. The van der Waals surface area contributed by atoms with E-state index in [1.165, 1.54) is 0 Å². The van der Waals surface area contributed by atoms with Crippen LogP contribution in [0.3, 0.4) is 0 Å². The molecule has 0 bridgehead atoms. The molecular weight excluding hydrogens is 166 g/mol. The Morgan fingerprint density at radius 3 is 1.25 bits per heavy atom. The molecule has 74 valence electrons. The molecule has 0 aliphatic rings. The molecule has 0 aromatic rings. The summed E-state index contributed by atoms with van der Waals surface area (Å²) < 4.78 is 0. The molecule has 0 saturated carbocycles. The summed E-state index contributed by atoms with van der Waals surface area (Å²) in [6.45, 7) is 1.19. The first-order valence-corrected chi connectivity index (χ1v) is 2.80. The molecular formula is C4H15N5O3. The van der Waals surface area contributed by atoms with Crippen molar-refractivity contribution in [2.24, 2.45) is 22.9 Å². The summed E-state index contributed by atoms with van der Waals surface area (Å²) >= 11 is 0. The second kappa shape index (κ2) is 16.2. The molecule has 0 radical (unpaired) electrons. The average molecular weight is 181 g/mol. The minimum absolute atomic E-state index is 0.333. The third kappa shape index (κ3) is 1610. The number of carboxylic acid groups (broad SMARTS) is 2. The van der Waals surface area contributed by atoms with Gasteiger partial charge >= 0.3 is 6.16 Å². The van der Waals surface area contributed by atoms with E-state index in [1.807, 2.05) is 0 Å². The normalized spacial score (nSPS) is 6.50. The lowest BCUT2D eigenvalue weighted by Gasteiger charge is -1.72. The summed E-state index contributed by atoms with van der Waals surface area (Å²) in [4.78, 5) is 8.56. The lowest BCUT2D eigenvalue weighted by atomic mass is 10.7. The molecule has 0 aliphatic heterocycles. The SMILES string of the molecule is N=C(N)N.NCCN.O=C(O)O. The highest BCUT2D eigenvalue weighted by molar-refractivity contribution is 5.71. The van der Waals surface area contributed by atoms with Gasteiger partial charge in [0.1, 0.15) is 0 Å². The number of hydrogen-bond acceptors (Lipinski definition) is 4. The second-order valence-electron chi connectivity index (χ2n) is 1.32. The molecule has 0 amide bonds. The van der Waals surface area contributed by atoms with Crippen molar-refractivity contribution in [2.75, 3.05) is 13.1 Å². The lowest BCUT2D eigenvalue weighted by Crippen LogP contribution is -2.20. The van der Waals surface area contributed by atoms with Gasteiger partial charge in [-0.2, -0.15) is 0 Å². The zero-order valence-corrected chi connectivity index (χ0v) is 6.53. The summed E-state index contributed by atoms with van der Waals surface area (Å²) in [5.41, 5.74) is 18.8. The van der Waals surface area contributed by atoms with Crippen molar-refractivity contribution in [3.8, 4) is 0 Å². The maximum atomic E-state index is 8.56. The van der Waals surface area contributed by atoms with Gasteiger partial charge in [0.2, 0.25) is 0 Å². The van der Waals surface area contributed by atoms with Crippen LogP contribution in [0.1, 0.15) is 0 Å². The molecule has 8 nitrogen and oxygen atoms in total. The van der Waals surface area contributed by atoms with Gasteiger partial charge in [0.05, 0.1) is 0 Å². The van der Waals surface area contributed by atoms with Gasteiger partial charge < -0.3 is 33.1 Å². The number of guanidine groups is 1. The van der Waals surface area contributed by atoms with Gasteiger partial charge in [0, 0.05) is 13.1 Å². The fraction of sp³-hybridized carbons (Fsp3) is 0.500. The van der Waals surface area contributed by atoms with Crippen LogP contribution in [0, 0.1) is 5.41 Å². The largest absolute Gasteiger partial charge is 0.503 e. The Kier molecular flexibility index (Phi) is 22.7. The van der Waals surface area contributed by atoms with E-state index in [0.29, 0.717) is 13.1 Å². The monoisotopic (exact) mass is 181 g/mol. The second-order valence-corrected chi connectivity index (χ2v) is 1.32. The Labute approximate surface area is 69.6 Å². The van der Waals surface area contributed by atoms with Crippen LogP contribution >= 0.6 is 0 Å². The van der Waals surface area contributed by atoms with Crippen molar-refractivity contribution in [1.29, 1.82) is 5.41 Å². The summed E-state index contributed by atoms with van der Waals surface area (Å²) in [5, 5.41) is 20.0. The maximum Gasteiger partial charge on any atom is 0.503 e. The van der Waals surface area contributed by atoms with E-state index in [0.717, 1.165) is 0 Å². The average Bonchev–Trinajstić information content (AvgIpc) is 1.85. The molecule has 0 aromatic heterocycles. The fourth-order valence-electron chi connectivity index (χ4n) is 0. The van der Waals surface area contributed by atoms with Crippen molar-refractivity contribution in [3.63, 3.8) is 0 Å². The molecule has 11 N–H and O–H groups in total. The first kappa shape index (κ1) is 16.8. The van der Waals surface area contributed by atoms with Crippen LogP contribution in [0.4, 0.5) is 4.79 Å². The molecule has 0 unspecified atom stereocenters. The highest BCUT2D eigenvalue weighted by atomic mass is 16.6. The van der Waals surface area contributed by atoms with Gasteiger partial charge in [-0.15, -0.1) is 0 Å². The van der Waals surface area contributed by atoms with Gasteiger partial charge in [-0.25, -0.2) is 4.79 Å². The molecule has 0 rings (SSSR count). The number of rotatable bonds is 1. The van der Waals surface area contributed by atoms with Crippen LogP contribution in [-0.4, -0.2) is 35.4 Å². The van der Waals surface area contributed by atoms with Gasteiger partial charge in [0.25, 0.3) is 0 Å². The van der Waals surface area contributed by atoms with Crippen LogP contribution < -0.4 is 22.9 Å². The Morgan fingerprint density at radius 2 is 1.25 bits per heavy atom. The fourth-order valence-corrected chi connectivity index (χ4v) is 0. The van der Waals surface area contributed by atoms with Crippen LogP contribution in [0.2, 0.25) is 0 Å². The van der Waals surface area contributed by atoms with E-state index in [-0.39, 0.29) is 5.96 Å². The topological polar surface area (TPSA) is 185 Å². The summed E-state index contributed by atoms with van der Waals surface area (Å²) in [6.07, 6.45) is -1.83. The zero-order valence-electron chi connectivity index (χ0n) is 6.53. The standard InChI is InChI=1S/C2H8N2.CH5N3.CH2O3/c3-1-2-4;2*2-1(3)4/h1-4H2;(H5,2,3,4);(H2,2,3,4). The zero-order chi connectivity index (χ0) is 10.6. The number of hydrogen-bond donors (Lipinski definition) is 7. The maximum absolute atomic E-state index is 8.56. The van der Waals surface area contributed by atoms with Gasteiger partial charge in [-0.1, -0.05) is 0 Å². The van der Waals surface area contributed by atoms with Crippen molar-refractivity contribution in [3.05, 3.63) is 0 Å². The first-order valence-electron chi connectivity index (χ1n) is 2.80. The van der Waals surface area contributed by atoms with E-state index < -0.39 is 6.16 Å². The highest BCUT2D eigenvalue weighted by Crippen LogP contribution is 1.42. The Balaban J connectivity index is -0.000000101. The molecule has 12 heavy (non-hydrogen) atoms. The minimum Gasteiger partial charge on any atom is -0.450 e. The Bertz CT molecular complexity index is 95.3. The summed E-state index contributed by atoms with van der Waals surface area (Å²) in [6, 6.07) is 0. The quantitative estimate of drug-likeness (QED) is 0.179. The van der Waals surface area contributed by atoms with Crippen LogP contribution in [0.5, 0.6) is 0 Å². The lowest BCUT2D eigenvalue weighted by molar-refractivity contribution is 0.137. The van der Waals surface area contributed by atoms with Gasteiger partial charge in [0.15, 0.2) is 5.96 Å². The van der Waals surface area contributed by atoms with E-state index in [9.17, 15) is 0 Å². The minimum atomic E-state index is -1.83. The number of nitrogens with one attached hydrogen (secondary N) is 1. The van der Waals surface area contributed by atoms with E-state index >= 15 is 0 Å². The molecule has 8 heteroatoms. The van der Waals surface area contributed by atoms with Crippen molar-refractivity contribution in [1.82, 2.24) is 0 Å². The van der Waals surface area contributed by atoms with Crippen LogP contribution in [-0.2, 0) is 0 Å². The number of nitrogens with two attached hydrogens (primary N) is 4. The van der Waals surface area contributed by atoms with E-state index in [2.05, 4.69) is 11.5 Å². The molecule has 0 spiro atoms. The Morgan fingerprint density at radius 1 is 1.17 bits per heavy atom. The predicted molar refractivity (Wildman–Crippen MR) is 44.9 cm³/mol. The Hall–Kier alpha value is -1.54. The molecule has 0 heterocycles. The third-order valence-corrected chi connectivity index (χ3v) is 0.167. The van der Waals surface area contributed by atoms with Crippen LogP contribution in [0.25, 0.3) is 0 Å². The van der Waals surface area contributed by atoms with E-state index in [4.69, 9.17) is 31.9 Å². The summed E-state index contributed by atoms with van der Waals surface area (Å²) in [7, 11) is 0. The van der Waals surface area contributed by atoms with E-state index in [1.54, 1.807) is 0 Å².